The van der Waals surface area contributed by atoms with E-state index in [9.17, 15) is 4.79 Å². The zero-order chi connectivity index (χ0) is 18.1. The van der Waals surface area contributed by atoms with Crippen molar-refractivity contribution in [3.05, 3.63) is 54.2 Å². The van der Waals surface area contributed by atoms with E-state index in [0.717, 1.165) is 11.3 Å². The van der Waals surface area contributed by atoms with Gasteiger partial charge in [-0.15, -0.1) is 0 Å². The predicted octanol–water partition coefficient (Wildman–Crippen LogP) is 3.08. The smallest absolute Gasteiger partial charge is 0.273 e. The molecule has 1 aliphatic heterocycles. The number of nitrogens with zero attached hydrogens (tertiary/aromatic N) is 2. The van der Waals surface area contributed by atoms with Crippen molar-refractivity contribution in [3.8, 4) is 28.5 Å². The fourth-order valence-corrected chi connectivity index (χ4v) is 2.77. The fourth-order valence-electron chi connectivity index (χ4n) is 2.77. The van der Waals surface area contributed by atoms with Gasteiger partial charge in [0.05, 0.1) is 12.8 Å². The Morgan fingerprint density at radius 3 is 2.85 bits per heavy atom. The normalized spacial score (nSPS) is 12.1. The Morgan fingerprint density at radius 1 is 1.15 bits per heavy atom. The zero-order valence-corrected chi connectivity index (χ0v) is 14.4. The molecule has 0 unspecified atom stereocenters. The van der Waals surface area contributed by atoms with E-state index < -0.39 is 0 Å². The number of ether oxygens (including phenoxy) is 3. The number of hydrogen-bond acceptors (Lipinski definition) is 5. The van der Waals surface area contributed by atoms with Gasteiger partial charge in [0.15, 0.2) is 11.5 Å². The second kappa shape index (κ2) is 6.44. The number of carbonyl (C=O) groups is 1. The maximum atomic E-state index is 12.6. The maximum absolute atomic E-state index is 12.6. The monoisotopic (exact) mass is 351 g/mol. The lowest BCUT2D eigenvalue weighted by molar-refractivity contribution is 0.101. The highest BCUT2D eigenvalue weighted by Gasteiger charge is 2.17. The SMILES string of the molecule is COc1cccc(-c2cc(C(=O)Nc3ccc4c(c3)OCO4)n(C)n2)c1. The van der Waals surface area contributed by atoms with E-state index in [-0.39, 0.29) is 12.7 Å². The van der Waals surface area contributed by atoms with Crippen LogP contribution >= 0.6 is 0 Å². The number of fused-ring (bicyclic) bond motifs is 1. The highest BCUT2D eigenvalue weighted by molar-refractivity contribution is 6.03. The van der Waals surface area contributed by atoms with E-state index >= 15 is 0 Å². The van der Waals surface area contributed by atoms with Crippen molar-refractivity contribution in [2.75, 3.05) is 19.2 Å². The summed E-state index contributed by atoms with van der Waals surface area (Å²) >= 11 is 0. The van der Waals surface area contributed by atoms with E-state index in [1.807, 2.05) is 24.3 Å². The number of benzene rings is 2. The molecule has 4 rings (SSSR count). The van der Waals surface area contributed by atoms with E-state index in [4.69, 9.17) is 14.2 Å². The van der Waals surface area contributed by atoms with Crippen LogP contribution in [0.5, 0.6) is 17.2 Å². The largest absolute Gasteiger partial charge is 0.497 e. The van der Waals surface area contributed by atoms with Gasteiger partial charge in [-0.1, -0.05) is 12.1 Å². The Bertz CT molecular complexity index is 981. The third-order valence-corrected chi connectivity index (χ3v) is 4.11. The Labute approximate surface area is 150 Å². The summed E-state index contributed by atoms with van der Waals surface area (Å²) in [6.45, 7) is 0.193. The molecule has 0 saturated carbocycles. The van der Waals surface area contributed by atoms with E-state index in [1.165, 1.54) is 0 Å². The standard InChI is InChI=1S/C19H17N3O4/c1-22-16(10-15(21-22)12-4-3-5-14(8-12)24-2)19(23)20-13-6-7-17-18(9-13)26-11-25-17/h3-10H,11H2,1-2H3,(H,20,23). The average Bonchev–Trinajstić information content (AvgIpc) is 3.27. The first-order valence-corrected chi connectivity index (χ1v) is 8.03. The van der Waals surface area contributed by atoms with Crippen molar-refractivity contribution in [3.63, 3.8) is 0 Å². The minimum absolute atomic E-state index is 0.193. The summed E-state index contributed by atoms with van der Waals surface area (Å²) in [6.07, 6.45) is 0. The number of aromatic nitrogens is 2. The van der Waals surface area contributed by atoms with Crippen LogP contribution in [0.1, 0.15) is 10.5 Å². The van der Waals surface area contributed by atoms with Gasteiger partial charge in [-0.3, -0.25) is 9.48 Å². The topological polar surface area (TPSA) is 74.6 Å². The Balaban J connectivity index is 1.57. The van der Waals surface area contributed by atoms with Crippen LogP contribution in [0.15, 0.2) is 48.5 Å². The minimum atomic E-state index is -0.256. The molecule has 1 aromatic heterocycles. The van der Waals surface area contributed by atoms with Gasteiger partial charge in [-0.25, -0.2) is 0 Å². The average molecular weight is 351 g/mol. The fraction of sp³-hybridized carbons (Fsp3) is 0.158. The van der Waals surface area contributed by atoms with Gasteiger partial charge in [0.25, 0.3) is 5.91 Å². The second-order valence-electron chi connectivity index (χ2n) is 5.79. The third kappa shape index (κ3) is 2.95. The van der Waals surface area contributed by atoms with Crippen LogP contribution in [0.3, 0.4) is 0 Å². The van der Waals surface area contributed by atoms with E-state index in [1.54, 1.807) is 43.1 Å². The molecule has 26 heavy (non-hydrogen) atoms. The van der Waals surface area contributed by atoms with Crippen LogP contribution in [0.25, 0.3) is 11.3 Å². The molecule has 2 heterocycles. The molecule has 2 aromatic carbocycles. The highest BCUT2D eigenvalue weighted by Crippen LogP contribution is 2.34. The second-order valence-corrected chi connectivity index (χ2v) is 5.79. The van der Waals surface area contributed by atoms with Crippen LogP contribution in [-0.2, 0) is 7.05 Å². The number of rotatable bonds is 4. The lowest BCUT2D eigenvalue weighted by Crippen LogP contribution is -2.15. The van der Waals surface area contributed by atoms with E-state index in [2.05, 4.69) is 10.4 Å². The number of anilines is 1. The van der Waals surface area contributed by atoms with Gasteiger partial charge in [0.1, 0.15) is 11.4 Å². The van der Waals surface area contributed by atoms with Crippen LogP contribution in [0, 0.1) is 0 Å². The Kier molecular flexibility index (Phi) is 3.96. The molecule has 0 radical (unpaired) electrons. The van der Waals surface area contributed by atoms with Gasteiger partial charge >= 0.3 is 0 Å². The zero-order valence-electron chi connectivity index (χ0n) is 14.4. The summed E-state index contributed by atoms with van der Waals surface area (Å²) < 4.78 is 17.4. The molecular weight excluding hydrogens is 334 g/mol. The summed E-state index contributed by atoms with van der Waals surface area (Å²) in [5, 5.41) is 7.29. The molecule has 0 spiro atoms. The molecule has 7 heteroatoms. The summed E-state index contributed by atoms with van der Waals surface area (Å²) in [4.78, 5) is 12.6. The first kappa shape index (κ1) is 16.0. The number of methoxy groups -OCH3 is 1. The first-order chi connectivity index (χ1) is 12.6. The molecular formula is C19H17N3O4. The lowest BCUT2D eigenvalue weighted by atomic mass is 10.1. The Morgan fingerprint density at radius 2 is 2.00 bits per heavy atom. The predicted molar refractivity (Wildman–Crippen MR) is 95.7 cm³/mol. The summed E-state index contributed by atoms with van der Waals surface area (Å²) in [6, 6.07) is 14.6. The van der Waals surface area contributed by atoms with E-state index in [0.29, 0.717) is 28.6 Å². The molecule has 1 aliphatic rings. The highest BCUT2D eigenvalue weighted by atomic mass is 16.7. The minimum Gasteiger partial charge on any atom is -0.497 e. The lowest BCUT2D eigenvalue weighted by Gasteiger charge is -2.06. The summed E-state index contributed by atoms with van der Waals surface area (Å²) in [5.74, 6) is 1.77. The first-order valence-electron chi connectivity index (χ1n) is 8.03. The van der Waals surface area contributed by atoms with Crippen molar-refractivity contribution >= 4 is 11.6 Å². The molecule has 132 valence electrons. The van der Waals surface area contributed by atoms with Gasteiger partial charge in [0.2, 0.25) is 6.79 Å². The number of aryl methyl sites for hydroxylation is 1. The maximum Gasteiger partial charge on any atom is 0.273 e. The Hall–Kier alpha value is -3.48. The molecule has 0 fully saturated rings. The molecule has 0 atom stereocenters. The summed E-state index contributed by atoms with van der Waals surface area (Å²) in [7, 11) is 3.35. The van der Waals surface area contributed by atoms with Crippen LogP contribution in [0.2, 0.25) is 0 Å². The molecule has 0 aliphatic carbocycles. The molecule has 1 N–H and O–H groups in total. The van der Waals surface area contributed by atoms with Gasteiger partial charge in [0, 0.05) is 24.4 Å². The van der Waals surface area contributed by atoms with Crippen molar-refractivity contribution < 1.29 is 19.0 Å². The van der Waals surface area contributed by atoms with Crippen molar-refractivity contribution in [1.29, 1.82) is 0 Å². The molecule has 3 aromatic rings. The summed E-state index contributed by atoms with van der Waals surface area (Å²) in [5.41, 5.74) is 2.65. The van der Waals surface area contributed by atoms with Crippen LogP contribution in [0.4, 0.5) is 5.69 Å². The third-order valence-electron chi connectivity index (χ3n) is 4.11. The van der Waals surface area contributed by atoms with Crippen LogP contribution in [-0.4, -0.2) is 29.6 Å². The van der Waals surface area contributed by atoms with Gasteiger partial charge in [-0.05, 0) is 30.3 Å². The number of amides is 1. The van der Waals surface area contributed by atoms with Crippen LogP contribution < -0.4 is 19.5 Å². The number of carbonyl (C=O) groups excluding carboxylic acids is 1. The molecule has 1 amide bonds. The number of nitrogens with one attached hydrogen (secondary N) is 1. The quantitative estimate of drug-likeness (QED) is 0.782. The molecule has 0 saturated heterocycles. The van der Waals surface area contributed by atoms with Crippen molar-refractivity contribution in [2.45, 2.75) is 0 Å². The van der Waals surface area contributed by atoms with Crippen molar-refractivity contribution in [2.24, 2.45) is 7.05 Å². The molecule has 7 nitrogen and oxygen atoms in total. The van der Waals surface area contributed by atoms with Gasteiger partial charge in [-0.2, -0.15) is 5.10 Å². The number of hydrogen-bond donors (Lipinski definition) is 1. The molecule has 0 bridgehead atoms. The van der Waals surface area contributed by atoms with Gasteiger partial charge < -0.3 is 19.5 Å². The van der Waals surface area contributed by atoms with Crippen molar-refractivity contribution in [1.82, 2.24) is 9.78 Å².